The van der Waals surface area contributed by atoms with E-state index < -0.39 is 11.5 Å². The highest BCUT2D eigenvalue weighted by molar-refractivity contribution is 6.00. The van der Waals surface area contributed by atoms with Gasteiger partial charge in [0.1, 0.15) is 0 Å². The zero-order valence-electron chi connectivity index (χ0n) is 12.5. The van der Waals surface area contributed by atoms with Gasteiger partial charge in [0.05, 0.1) is 12.0 Å². The maximum Gasteiger partial charge on any atom is 0.305 e. The number of carboxylic acids is 1. The number of rotatable bonds is 5. The summed E-state index contributed by atoms with van der Waals surface area (Å²) in [6.07, 6.45) is 3.08. The quantitative estimate of drug-likeness (QED) is 0.769. The molecule has 2 rings (SSSR count). The standard InChI is InChI=1S/C16H20N2O4/c1-17-14(21)11-5-4-6-12(9-11)15(22)18-16(10-13(19)20)7-2-3-8-16/h4-6,9H,2-3,7-8,10H2,1H3,(H,17,21)(H,18,22)(H,19,20). The van der Waals surface area contributed by atoms with Gasteiger partial charge in [-0.25, -0.2) is 0 Å². The van der Waals surface area contributed by atoms with Crippen LogP contribution in [-0.2, 0) is 4.79 Å². The summed E-state index contributed by atoms with van der Waals surface area (Å²) in [6.45, 7) is 0. The van der Waals surface area contributed by atoms with E-state index in [4.69, 9.17) is 5.11 Å². The lowest BCUT2D eigenvalue weighted by molar-refractivity contribution is -0.138. The van der Waals surface area contributed by atoms with E-state index in [1.807, 2.05) is 0 Å². The molecule has 1 aromatic carbocycles. The van der Waals surface area contributed by atoms with Crippen molar-refractivity contribution >= 4 is 17.8 Å². The summed E-state index contributed by atoms with van der Waals surface area (Å²) < 4.78 is 0. The summed E-state index contributed by atoms with van der Waals surface area (Å²) in [4.78, 5) is 35.1. The zero-order chi connectivity index (χ0) is 16.2. The fourth-order valence-corrected chi connectivity index (χ4v) is 2.95. The summed E-state index contributed by atoms with van der Waals surface area (Å²) in [5.74, 6) is -1.52. The SMILES string of the molecule is CNC(=O)c1cccc(C(=O)NC2(CC(=O)O)CCCC2)c1. The minimum atomic E-state index is -0.915. The second-order valence-corrected chi connectivity index (χ2v) is 5.67. The Morgan fingerprint density at radius 3 is 2.27 bits per heavy atom. The van der Waals surface area contributed by atoms with Crippen LogP contribution in [0.15, 0.2) is 24.3 Å². The fourth-order valence-electron chi connectivity index (χ4n) is 2.95. The van der Waals surface area contributed by atoms with E-state index in [1.165, 1.54) is 13.1 Å². The number of amides is 2. The zero-order valence-corrected chi connectivity index (χ0v) is 12.5. The first-order chi connectivity index (χ1) is 10.5. The molecule has 1 aliphatic carbocycles. The van der Waals surface area contributed by atoms with Gasteiger partial charge in [-0.2, -0.15) is 0 Å². The molecule has 22 heavy (non-hydrogen) atoms. The fraction of sp³-hybridized carbons (Fsp3) is 0.438. The van der Waals surface area contributed by atoms with E-state index in [2.05, 4.69) is 10.6 Å². The van der Waals surface area contributed by atoms with Crippen LogP contribution in [0.3, 0.4) is 0 Å². The molecule has 1 aromatic rings. The van der Waals surface area contributed by atoms with E-state index in [-0.39, 0.29) is 18.2 Å². The predicted octanol–water partition coefficient (Wildman–Crippen LogP) is 1.56. The molecule has 1 aliphatic rings. The molecular weight excluding hydrogens is 284 g/mol. The van der Waals surface area contributed by atoms with Crippen molar-refractivity contribution in [3.63, 3.8) is 0 Å². The van der Waals surface area contributed by atoms with Crippen molar-refractivity contribution in [1.29, 1.82) is 0 Å². The van der Waals surface area contributed by atoms with Crippen molar-refractivity contribution in [3.8, 4) is 0 Å². The Morgan fingerprint density at radius 1 is 1.14 bits per heavy atom. The molecule has 118 valence electrons. The highest BCUT2D eigenvalue weighted by Crippen LogP contribution is 2.33. The summed E-state index contributed by atoms with van der Waals surface area (Å²) >= 11 is 0. The average Bonchev–Trinajstić information content (AvgIpc) is 2.93. The normalized spacial score (nSPS) is 16.0. The summed E-state index contributed by atoms with van der Waals surface area (Å²) in [7, 11) is 1.52. The predicted molar refractivity (Wildman–Crippen MR) is 80.8 cm³/mol. The molecule has 0 aromatic heterocycles. The molecule has 3 N–H and O–H groups in total. The molecule has 0 spiro atoms. The Morgan fingerprint density at radius 2 is 1.73 bits per heavy atom. The highest BCUT2D eigenvalue weighted by Gasteiger charge is 2.37. The van der Waals surface area contributed by atoms with E-state index in [0.717, 1.165) is 12.8 Å². The molecule has 0 saturated heterocycles. The van der Waals surface area contributed by atoms with Crippen LogP contribution in [0.5, 0.6) is 0 Å². The lowest BCUT2D eigenvalue weighted by Gasteiger charge is -2.28. The molecular formula is C16H20N2O4. The largest absolute Gasteiger partial charge is 0.481 e. The van der Waals surface area contributed by atoms with Crippen LogP contribution >= 0.6 is 0 Å². The van der Waals surface area contributed by atoms with Gasteiger partial charge < -0.3 is 15.7 Å². The molecule has 0 atom stereocenters. The van der Waals surface area contributed by atoms with Crippen LogP contribution in [0, 0.1) is 0 Å². The first kappa shape index (κ1) is 16.0. The van der Waals surface area contributed by atoms with Crippen molar-refractivity contribution in [2.45, 2.75) is 37.6 Å². The van der Waals surface area contributed by atoms with E-state index >= 15 is 0 Å². The van der Waals surface area contributed by atoms with Gasteiger partial charge in [0.15, 0.2) is 0 Å². The third-order valence-electron chi connectivity index (χ3n) is 4.04. The molecule has 0 aliphatic heterocycles. The lowest BCUT2D eigenvalue weighted by Crippen LogP contribution is -2.47. The number of carbonyl (C=O) groups is 3. The number of hydrogen-bond donors (Lipinski definition) is 3. The summed E-state index contributed by atoms with van der Waals surface area (Å²) in [5, 5.41) is 14.4. The monoisotopic (exact) mass is 304 g/mol. The Bertz CT molecular complexity index is 592. The molecule has 0 radical (unpaired) electrons. The number of carboxylic acid groups (broad SMARTS) is 1. The maximum absolute atomic E-state index is 12.4. The maximum atomic E-state index is 12.4. The molecule has 0 bridgehead atoms. The van der Waals surface area contributed by atoms with Crippen molar-refractivity contribution in [2.24, 2.45) is 0 Å². The topological polar surface area (TPSA) is 95.5 Å². The van der Waals surface area contributed by atoms with Crippen LogP contribution in [-0.4, -0.2) is 35.5 Å². The molecule has 6 nitrogen and oxygen atoms in total. The van der Waals surface area contributed by atoms with E-state index in [9.17, 15) is 14.4 Å². The van der Waals surface area contributed by atoms with Gasteiger partial charge in [-0.15, -0.1) is 0 Å². The average molecular weight is 304 g/mol. The smallest absolute Gasteiger partial charge is 0.305 e. The van der Waals surface area contributed by atoms with Crippen molar-refractivity contribution < 1.29 is 19.5 Å². The van der Waals surface area contributed by atoms with Gasteiger partial charge in [-0.05, 0) is 31.0 Å². The minimum Gasteiger partial charge on any atom is -0.481 e. The number of aliphatic carboxylic acids is 1. The highest BCUT2D eigenvalue weighted by atomic mass is 16.4. The number of carbonyl (C=O) groups excluding carboxylic acids is 2. The van der Waals surface area contributed by atoms with E-state index in [0.29, 0.717) is 24.0 Å². The molecule has 6 heteroatoms. The van der Waals surface area contributed by atoms with Crippen LogP contribution < -0.4 is 10.6 Å². The third kappa shape index (κ3) is 3.63. The van der Waals surface area contributed by atoms with Gasteiger partial charge in [-0.1, -0.05) is 18.9 Å². The van der Waals surface area contributed by atoms with Gasteiger partial charge in [0.2, 0.25) is 0 Å². The molecule has 1 fully saturated rings. The van der Waals surface area contributed by atoms with Gasteiger partial charge in [-0.3, -0.25) is 14.4 Å². The number of nitrogens with one attached hydrogen (secondary N) is 2. The van der Waals surface area contributed by atoms with Crippen LogP contribution in [0.1, 0.15) is 52.8 Å². The second kappa shape index (κ2) is 6.60. The van der Waals surface area contributed by atoms with Gasteiger partial charge >= 0.3 is 5.97 Å². The van der Waals surface area contributed by atoms with Crippen LogP contribution in [0.4, 0.5) is 0 Å². The molecule has 0 unspecified atom stereocenters. The second-order valence-electron chi connectivity index (χ2n) is 5.67. The number of benzene rings is 1. The van der Waals surface area contributed by atoms with Gasteiger partial charge in [0.25, 0.3) is 11.8 Å². The first-order valence-corrected chi connectivity index (χ1v) is 7.32. The van der Waals surface area contributed by atoms with E-state index in [1.54, 1.807) is 18.2 Å². The van der Waals surface area contributed by atoms with Crippen molar-refractivity contribution in [2.75, 3.05) is 7.05 Å². The Balaban J connectivity index is 2.17. The Labute approximate surface area is 128 Å². The third-order valence-corrected chi connectivity index (χ3v) is 4.04. The summed E-state index contributed by atoms with van der Waals surface area (Å²) in [5.41, 5.74) is 0.0815. The van der Waals surface area contributed by atoms with Crippen LogP contribution in [0.25, 0.3) is 0 Å². The molecule has 1 saturated carbocycles. The van der Waals surface area contributed by atoms with Crippen LogP contribution in [0.2, 0.25) is 0 Å². The first-order valence-electron chi connectivity index (χ1n) is 7.32. The van der Waals surface area contributed by atoms with Crippen molar-refractivity contribution in [3.05, 3.63) is 35.4 Å². The van der Waals surface area contributed by atoms with Gasteiger partial charge in [0, 0.05) is 18.2 Å². The minimum absolute atomic E-state index is 0.0755. The molecule has 0 heterocycles. The number of hydrogen-bond acceptors (Lipinski definition) is 3. The van der Waals surface area contributed by atoms with Crippen molar-refractivity contribution in [1.82, 2.24) is 10.6 Å². The molecule has 2 amide bonds. The Hall–Kier alpha value is -2.37. The lowest BCUT2D eigenvalue weighted by atomic mass is 9.92. The Kier molecular flexibility index (Phi) is 4.80. The summed E-state index contributed by atoms with van der Waals surface area (Å²) in [6, 6.07) is 6.39.